The second kappa shape index (κ2) is 8.01. The topological polar surface area (TPSA) is 72.3 Å². The van der Waals surface area contributed by atoms with Crippen LogP contribution in [-0.2, 0) is 4.79 Å². The third kappa shape index (κ3) is 4.15. The number of nitrogens with zero attached hydrogens (tertiary/aromatic N) is 4. The standard InChI is InChI=1S/C20H23N5O2/c1-14-6-5-7-15(10-14)19(24(2)3)20(26)23-17-11-16(8-9-18(17)27-4)25-12-21-22-13-25/h5-13,19H,1-4H3,(H,23,26). The van der Waals surface area contributed by atoms with E-state index < -0.39 is 6.04 Å². The zero-order valence-corrected chi connectivity index (χ0v) is 15.9. The van der Waals surface area contributed by atoms with Crippen LogP contribution in [0.1, 0.15) is 17.2 Å². The summed E-state index contributed by atoms with van der Waals surface area (Å²) in [6.07, 6.45) is 3.20. The predicted molar refractivity (Wildman–Crippen MR) is 104 cm³/mol. The number of rotatable bonds is 6. The Morgan fingerprint density at radius 2 is 1.89 bits per heavy atom. The third-order valence-corrected chi connectivity index (χ3v) is 4.28. The normalized spacial score (nSPS) is 12.0. The van der Waals surface area contributed by atoms with E-state index in [1.54, 1.807) is 24.3 Å². The van der Waals surface area contributed by atoms with Crippen molar-refractivity contribution in [3.63, 3.8) is 0 Å². The zero-order chi connectivity index (χ0) is 19.4. The van der Waals surface area contributed by atoms with Crippen molar-refractivity contribution in [3.8, 4) is 11.4 Å². The summed E-state index contributed by atoms with van der Waals surface area (Å²) in [5.74, 6) is 0.451. The van der Waals surface area contributed by atoms with Crippen LogP contribution in [-0.4, -0.2) is 46.8 Å². The monoisotopic (exact) mass is 365 g/mol. The van der Waals surface area contributed by atoms with E-state index in [0.717, 1.165) is 16.8 Å². The summed E-state index contributed by atoms with van der Waals surface area (Å²) in [5, 5.41) is 10.6. The van der Waals surface area contributed by atoms with Crippen molar-refractivity contribution in [2.45, 2.75) is 13.0 Å². The lowest BCUT2D eigenvalue weighted by Gasteiger charge is -2.24. The first kappa shape index (κ1) is 18.6. The van der Waals surface area contributed by atoms with Crippen molar-refractivity contribution in [3.05, 3.63) is 66.2 Å². The number of carbonyl (C=O) groups excluding carboxylic acids is 1. The molecular formula is C20H23N5O2. The third-order valence-electron chi connectivity index (χ3n) is 4.28. The summed E-state index contributed by atoms with van der Waals surface area (Å²) in [6.45, 7) is 2.01. The van der Waals surface area contributed by atoms with Crippen molar-refractivity contribution >= 4 is 11.6 Å². The van der Waals surface area contributed by atoms with Gasteiger partial charge in [0, 0.05) is 0 Å². The molecule has 0 aliphatic rings. The van der Waals surface area contributed by atoms with Gasteiger partial charge >= 0.3 is 0 Å². The van der Waals surface area contributed by atoms with Gasteiger partial charge in [0.2, 0.25) is 5.91 Å². The van der Waals surface area contributed by atoms with Crippen LogP contribution in [0.4, 0.5) is 5.69 Å². The number of likely N-dealkylation sites (N-methyl/N-ethyl adjacent to an activating group) is 1. The van der Waals surface area contributed by atoms with Gasteiger partial charge in [0.25, 0.3) is 0 Å². The molecule has 27 heavy (non-hydrogen) atoms. The van der Waals surface area contributed by atoms with E-state index in [9.17, 15) is 4.79 Å². The van der Waals surface area contributed by atoms with Crippen LogP contribution in [0.5, 0.6) is 5.75 Å². The molecule has 1 N–H and O–H groups in total. The first-order chi connectivity index (χ1) is 13.0. The van der Waals surface area contributed by atoms with E-state index in [1.807, 2.05) is 68.4 Å². The number of anilines is 1. The highest BCUT2D eigenvalue weighted by Gasteiger charge is 2.24. The van der Waals surface area contributed by atoms with Gasteiger partial charge in [0.1, 0.15) is 24.4 Å². The van der Waals surface area contributed by atoms with Gasteiger partial charge in [-0.2, -0.15) is 0 Å². The molecule has 1 amide bonds. The fourth-order valence-corrected chi connectivity index (χ4v) is 3.01. The quantitative estimate of drug-likeness (QED) is 0.727. The maximum atomic E-state index is 13.1. The van der Waals surface area contributed by atoms with Crippen LogP contribution in [0.25, 0.3) is 5.69 Å². The lowest BCUT2D eigenvalue weighted by atomic mass is 10.0. The van der Waals surface area contributed by atoms with Crippen LogP contribution < -0.4 is 10.1 Å². The SMILES string of the molecule is COc1ccc(-n2cnnc2)cc1NC(=O)C(c1cccc(C)c1)N(C)C. The summed E-state index contributed by atoms with van der Waals surface area (Å²) in [6, 6.07) is 13.1. The fraction of sp³-hybridized carbons (Fsp3) is 0.250. The minimum absolute atomic E-state index is 0.134. The van der Waals surface area contributed by atoms with Gasteiger partial charge in [-0.15, -0.1) is 10.2 Å². The van der Waals surface area contributed by atoms with Crippen LogP contribution >= 0.6 is 0 Å². The zero-order valence-electron chi connectivity index (χ0n) is 15.9. The Morgan fingerprint density at radius 3 is 2.52 bits per heavy atom. The first-order valence-corrected chi connectivity index (χ1v) is 8.56. The minimum atomic E-state index is -0.423. The molecule has 0 aliphatic carbocycles. The maximum absolute atomic E-state index is 13.1. The second-order valence-electron chi connectivity index (χ2n) is 6.52. The van der Waals surface area contributed by atoms with Gasteiger partial charge in [-0.25, -0.2) is 0 Å². The molecule has 140 valence electrons. The van der Waals surface area contributed by atoms with E-state index in [0.29, 0.717) is 11.4 Å². The number of hydrogen-bond donors (Lipinski definition) is 1. The second-order valence-corrected chi connectivity index (χ2v) is 6.52. The average Bonchev–Trinajstić information content (AvgIpc) is 3.16. The maximum Gasteiger partial charge on any atom is 0.246 e. The number of methoxy groups -OCH3 is 1. The molecule has 0 aliphatic heterocycles. The molecule has 0 spiro atoms. The molecule has 3 rings (SSSR count). The van der Waals surface area contributed by atoms with Gasteiger partial charge in [0.05, 0.1) is 18.5 Å². The number of carbonyl (C=O) groups is 1. The average molecular weight is 365 g/mol. The number of aryl methyl sites for hydroxylation is 1. The molecule has 1 atom stereocenters. The van der Waals surface area contributed by atoms with Crippen LogP contribution in [0.3, 0.4) is 0 Å². The number of aromatic nitrogens is 3. The molecule has 2 aromatic carbocycles. The largest absolute Gasteiger partial charge is 0.495 e. The summed E-state index contributed by atoms with van der Waals surface area (Å²) in [7, 11) is 5.35. The molecule has 0 radical (unpaired) electrons. The first-order valence-electron chi connectivity index (χ1n) is 8.56. The van der Waals surface area contributed by atoms with Gasteiger partial charge in [-0.05, 0) is 44.8 Å². The number of nitrogens with one attached hydrogen (secondary N) is 1. The molecule has 7 nitrogen and oxygen atoms in total. The Hall–Kier alpha value is -3.19. The fourth-order valence-electron chi connectivity index (χ4n) is 3.01. The van der Waals surface area contributed by atoms with Crippen LogP contribution in [0.15, 0.2) is 55.1 Å². The number of amides is 1. The molecule has 1 heterocycles. The number of benzene rings is 2. The van der Waals surface area contributed by atoms with Crippen molar-refractivity contribution in [1.29, 1.82) is 0 Å². The minimum Gasteiger partial charge on any atom is -0.495 e. The van der Waals surface area contributed by atoms with Gasteiger partial charge < -0.3 is 10.1 Å². The summed E-state index contributed by atoms with van der Waals surface area (Å²) >= 11 is 0. The lowest BCUT2D eigenvalue weighted by Crippen LogP contribution is -2.32. The van der Waals surface area contributed by atoms with Gasteiger partial charge in [-0.1, -0.05) is 29.8 Å². The lowest BCUT2D eigenvalue weighted by molar-refractivity contribution is -0.120. The van der Waals surface area contributed by atoms with Crippen molar-refractivity contribution in [2.24, 2.45) is 0 Å². The Balaban J connectivity index is 1.92. The molecule has 0 fully saturated rings. The summed E-state index contributed by atoms with van der Waals surface area (Å²) < 4.78 is 7.18. The van der Waals surface area contributed by atoms with E-state index in [-0.39, 0.29) is 5.91 Å². The Bertz CT molecular complexity index is 922. The predicted octanol–water partition coefficient (Wildman–Crippen LogP) is 2.83. The molecule has 7 heteroatoms. The summed E-state index contributed by atoms with van der Waals surface area (Å²) in [4.78, 5) is 15.0. The molecule has 1 aromatic heterocycles. The van der Waals surface area contributed by atoms with Crippen LogP contribution in [0.2, 0.25) is 0 Å². The molecule has 0 saturated heterocycles. The van der Waals surface area contributed by atoms with E-state index in [1.165, 1.54) is 0 Å². The summed E-state index contributed by atoms with van der Waals surface area (Å²) in [5.41, 5.74) is 3.46. The Labute approximate surface area is 158 Å². The molecule has 1 unspecified atom stereocenters. The molecule has 0 bridgehead atoms. The Kier molecular flexibility index (Phi) is 5.52. The van der Waals surface area contributed by atoms with E-state index in [4.69, 9.17) is 4.74 Å². The highest BCUT2D eigenvalue weighted by Crippen LogP contribution is 2.29. The number of ether oxygens (including phenoxy) is 1. The van der Waals surface area contributed by atoms with Crippen LogP contribution in [0, 0.1) is 6.92 Å². The van der Waals surface area contributed by atoms with Gasteiger partial charge in [-0.3, -0.25) is 14.3 Å². The van der Waals surface area contributed by atoms with Crippen molar-refractivity contribution in [1.82, 2.24) is 19.7 Å². The van der Waals surface area contributed by atoms with Gasteiger partial charge in [0.15, 0.2) is 0 Å². The smallest absolute Gasteiger partial charge is 0.246 e. The number of hydrogen-bond acceptors (Lipinski definition) is 5. The van der Waals surface area contributed by atoms with E-state index >= 15 is 0 Å². The highest BCUT2D eigenvalue weighted by molar-refractivity contribution is 5.97. The molecule has 3 aromatic rings. The van der Waals surface area contributed by atoms with Crippen molar-refractivity contribution in [2.75, 3.05) is 26.5 Å². The highest BCUT2D eigenvalue weighted by atomic mass is 16.5. The molecular weight excluding hydrogens is 342 g/mol. The molecule has 0 saturated carbocycles. The van der Waals surface area contributed by atoms with Crippen molar-refractivity contribution < 1.29 is 9.53 Å². The van der Waals surface area contributed by atoms with E-state index in [2.05, 4.69) is 15.5 Å². The Morgan fingerprint density at radius 1 is 1.15 bits per heavy atom.